The number of nitro benzene ring substituents is 1. The Morgan fingerprint density at radius 1 is 1.30 bits per heavy atom. The number of fused-ring (bicyclic) bond motifs is 1. The predicted octanol–water partition coefficient (Wildman–Crippen LogP) is 1.29. The summed E-state index contributed by atoms with van der Waals surface area (Å²) in [7, 11) is 0. The van der Waals surface area contributed by atoms with Gasteiger partial charge in [-0.15, -0.1) is 0 Å². The van der Waals surface area contributed by atoms with E-state index in [4.69, 9.17) is 15.2 Å². The fourth-order valence-electron chi connectivity index (χ4n) is 2.70. The van der Waals surface area contributed by atoms with E-state index in [9.17, 15) is 10.1 Å². The third-order valence-corrected chi connectivity index (χ3v) is 3.63. The van der Waals surface area contributed by atoms with E-state index in [1.807, 2.05) is 4.90 Å². The van der Waals surface area contributed by atoms with Gasteiger partial charge in [-0.25, -0.2) is 0 Å². The van der Waals surface area contributed by atoms with Crippen molar-refractivity contribution >= 4 is 11.4 Å². The minimum atomic E-state index is -0.381. The van der Waals surface area contributed by atoms with Gasteiger partial charge in [-0.3, -0.25) is 10.1 Å². The van der Waals surface area contributed by atoms with Gasteiger partial charge in [0.1, 0.15) is 18.9 Å². The molecule has 0 bridgehead atoms. The van der Waals surface area contributed by atoms with Crippen molar-refractivity contribution in [3.8, 4) is 11.5 Å². The summed E-state index contributed by atoms with van der Waals surface area (Å²) in [5.41, 5.74) is 6.57. The maximum atomic E-state index is 11.3. The van der Waals surface area contributed by atoms with E-state index in [-0.39, 0.29) is 16.7 Å². The summed E-state index contributed by atoms with van der Waals surface area (Å²) in [6.07, 6.45) is 1.89. The lowest BCUT2D eigenvalue weighted by Crippen LogP contribution is -2.43. The van der Waals surface area contributed by atoms with E-state index >= 15 is 0 Å². The maximum absolute atomic E-state index is 11.3. The van der Waals surface area contributed by atoms with Crippen LogP contribution >= 0.6 is 0 Å². The minimum absolute atomic E-state index is 0.0448. The zero-order valence-electron chi connectivity index (χ0n) is 11.1. The van der Waals surface area contributed by atoms with E-state index in [0.29, 0.717) is 36.9 Å². The first kappa shape index (κ1) is 13.0. The van der Waals surface area contributed by atoms with Crippen LogP contribution < -0.4 is 20.1 Å². The Bertz CT molecular complexity index is 535. The molecule has 1 aromatic rings. The Kier molecular flexibility index (Phi) is 3.35. The van der Waals surface area contributed by atoms with Gasteiger partial charge in [0.15, 0.2) is 11.5 Å². The van der Waals surface area contributed by atoms with Gasteiger partial charge in [-0.2, -0.15) is 0 Å². The van der Waals surface area contributed by atoms with Crippen molar-refractivity contribution in [3.63, 3.8) is 0 Å². The number of piperidine rings is 1. The summed E-state index contributed by atoms with van der Waals surface area (Å²) in [6, 6.07) is 3.20. The van der Waals surface area contributed by atoms with Crippen LogP contribution in [-0.4, -0.2) is 37.3 Å². The molecule has 2 N–H and O–H groups in total. The smallest absolute Gasteiger partial charge is 0.296 e. The second-order valence-electron chi connectivity index (χ2n) is 5.09. The molecule has 0 aromatic heterocycles. The summed E-state index contributed by atoms with van der Waals surface area (Å²) in [5.74, 6) is 1.00. The molecule has 1 aromatic carbocycles. The highest BCUT2D eigenvalue weighted by molar-refractivity contribution is 5.70. The van der Waals surface area contributed by atoms with Crippen LogP contribution in [0.15, 0.2) is 12.1 Å². The molecule has 1 atom stereocenters. The molecule has 2 aliphatic rings. The van der Waals surface area contributed by atoms with Gasteiger partial charge < -0.3 is 20.1 Å². The summed E-state index contributed by atoms with van der Waals surface area (Å²) >= 11 is 0. The van der Waals surface area contributed by atoms with Crippen molar-refractivity contribution in [2.24, 2.45) is 5.73 Å². The van der Waals surface area contributed by atoms with Crippen LogP contribution in [0.4, 0.5) is 11.4 Å². The lowest BCUT2D eigenvalue weighted by molar-refractivity contribution is -0.384. The molecule has 3 rings (SSSR count). The highest BCUT2D eigenvalue weighted by Crippen LogP contribution is 2.41. The van der Waals surface area contributed by atoms with Gasteiger partial charge in [-0.05, 0) is 12.8 Å². The Hall–Kier alpha value is -2.02. The van der Waals surface area contributed by atoms with Gasteiger partial charge >= 0.3 is 0 Å². The van der Waals surface area contributed by atoms with E-state index in [1.165, 1.54) is 6.07 Å². The molecule has 108 valence electrons. The molecule has 7 heteroatoms. The molecule has 0 amide bonds. The van der Waals surface area contributed by atoms with Gasteiger partial charge in [0.2, 0.25) is 0 Å². The molecular formula is C13H17N3O4. The van der Waals surface area contributed by atoms with Gasteiger partial charge in [0, 0.05) is 25.2 Å². The number of nitro groups is 1. The fraction of sp³-hybridized carbons (Fsp3) is 0.538. The van der Waals surface area contributed by atoms with Crippen LogP contribution in [0.1, 0.15) is 12.8 Å². The number of hydrogen-bond acceptors (Lipinski definition) is 6. The van der Waals surface area contributed by atoms with Gasteiger partial charge in [0.05, 0.1) is 11.0 Å². The summed E-state index contributed by atoms with van der Waals surface area (Å²) < 4.78 is 10.9. The van der Waals surface area contributed by atoms with Crippen molar-refractivity contribution in [3.05, 3.63) is 22.2 Å². The number of anilines is 1. The Labute approximate surface area is 116 Å². The van der Waals surface area contributed by atoms with Crippen molar-refractivity contribution < 1.29 is 14.4 Å². The first-order valence-electron chi connectivity index (χ1n) is 6.73. The van der Waals surface area contributed by atoms with Crippen LogP contribution in [-0.2, 0) is 0 Å². The summed E-state index contributed by atoms with van der Waals surface area (Å²) in [5, 5.41) is 11.3. The number of nitrogens with two attached hydrogens (primary N) is 1. The molecular weight excluding hydrogens is 262 g/mol. The highest BCUT2D eigenvalue weighted by Gasteiger charge is 2.28. The number of benzene rings is 1. The van der Waals surface area contributed by atoms with Crippen molar-refractivity contribution in [1.29, 1.82) is 0 Å². The van der Waals surface area contributed by atoms with E-state index in [0.717, 1.165) is 19.4 Å². The van der Waals surface area contributed by atoms with Crippen LogP contribution in [0.25, 0.3) is 0 Å². The van der Waals surface area contributed by atoms with E-state index < -0.39 is 0 Å². The number of ether oxygens (including phenoxy) is 2. The third-order valence-electron chi connectivity index (χ3n) is 3.63. The van der Waals surface area contributed by atoms with Crippen molar-refractivity contribution in [2.75, 3.05) is 31.2 Å². The largest absolute Gasteiger partial charge is 0.486 e. The van der Waals surface area contributed by atoms with Crippen LogP contribution in [0.2, 0.25) is 0 Å². The molecule has 1 saturated heterocycles. The quantitative estimate of drug-likeness (QED) is 0.648. The highest BCUT2D eigenvalue weighted by atomic mass is 16.6. The average Bonchev–Trinajstić information content (AvgIpc) is 2.46. The zero-order valence-corrected chi connectivity index (χ0v) is 11.1. The fourth-order valence-corrected chi connectivity index (χ4v) is 2.70. The number of rotatable bonds is 2. The monoisotopic (exact) mass is 279 g/mol. The Morgan fingerprint density at radius 2 is 2.00 bits per heavy atom. The van der Waals surface area contributed by atoms with Gasteiger partial charge in [-0.1, -0.05) is 0 Å². The minimum Gasteiger partial charge on any atom is -0.486 e. The molecule has 0 spiro atoms. The summed E-state index contributed by atoms with van der Waals surface area (Å²) in [4.78, 5) is 12.9. The first-order chi connectivity index (χ1) is 9.65. The lowest BCUT2D eigenvalue weighted by atomic mass is 10.1. The van der Waals surface area contributed by atoms with Crippen LogP contribution in [0.5, 0.6) is 11.5 Å². The number of nitrogens with zero attached hydrogens (tertiary/aromatic N) is 2. The molecule has 1 fully saturated rings. The Morgan fingerprint density at radius 3 is 2.65 bits per heavy atom. The van der Waals surface area contributed by atoms with E-state index in [2.05, 4.69) is 0 Å². The molecule has 2 heterocycles. The van der Waals surface area contributed by atoms with Crippen LogP contribution in [0, 0.1) is 10.1 Å². The van der Waals surface area contributed by atoms with Crippen LogP contribution in [0.3, 0.4) is 0 Å². The molecule has 0 saturated carbocycles. The Balaban J connectivity index is 2.01. The molecule has 0 radical (unpaired) electrons. The van der Waals surface area contributed by atoms with Crippen molar-refractivity contribution in [2.45, 2.75) is 18.9 Å². The molecule has 20 heavy (non-hydrogen) atoms. The van der Waals surface area contributed by atoms with Gasteiger partial charge in [0.25, 0.3) is 5.69 Å². The molecule has 1 unspecified atom stereocenters. The lowest BCUT2D eigenvalue weighted by Gasteiger charge is -2.32. The standard InChI is InChI=1S/C13H17N3O4/c14-9-2-1-3-15(8-9)10-6-12-13(20-5-4-19-12)7-11(10)16(17)18/h6-7,9H,1-5,8,14H2. The third kappa shape index (κ3) is 2.36. The van der Waals surface area contributed by atoms with E-state index in [1.54, 1.807) is 6.07 Å². The zero-order chi connectivity index (χ0) is 14.1. The predicted molar refractivity (Wildman–Crippen MR) is 73.5 cm³/mol. The second kappa shape index (κ2) is 5.16. The average molecular weight is 279 g/mol. The summed E-state index contributed by atoms with van der Waals surface area (Å²) in [6.45, 7) is 2.27. The molecule has 2 aliphatic heterocycles. The number of hydrogen-bond donors (Lipinski definition) is 1. The second-order valence-corrected chi connectivity index (χ2v) is 5.09. The first-order valence-corrected chi connectivity index (χ1v) is 6.73. The maximum Gasteiger partial charge on any atom is 0.296 e. The topological polar surface area (TPSA) is 90.9 Å². The molecule has 7 nitrogen and oxygen atoms in total. The molecule has 0 aliphatic carbocycles. The SMILES string of the molecule is NC1CCCN(c2cc3c(cc2[N+](=O)[O-])OCCO3)C1. The van der Waals surface area contributed by atoms with Crippen molar-refractivity contribution in [1.82, 2.24) is 0 Å². The normalized spacial score (nSPS) is 21.6.